The van der Waals surface area contributed by atoms with Gasteiger partial charge in [0.25, 0.3) is 5.91 Å². The van der Waals surface area contributed by atoms with Crippen LogP contribution in [0, 0.1) is 5.95 Å². The van der Waals surface area contributed by atoms with Crippen molar-refractivity contribution in [2.75, 3.05) is 20.7 Å². The van der Waals surface area contributed by atoms with Crippen molar-refractivity contribution in [2.24, 2.45) is 15.7 Å². The highest BCUT2D eigenvalue weighted by atomic mass is 19.1. The van der Waals surface area contributed by atoms with Gasteiger partial charge >= 0.3 is 0 Å². The summed E-state index contributed by atoms with van der Waals surface area (Å²) in [6, 6.07) is 8.05. The second-order valence-electron chi connectivity index (χ2n) is 6.19. The molecule has 1 aromatic heterocycles. The maximum absolute atomic E-state index is 12.9. The first-order chi connectivity index (χ1) is 13.3. The summed E-state index contributed by atoms with van der Waals surface area (Å²) in [4.78, 5) is 24.0. The van der Waals surface area contributed by atoms with E-state index >= 15 is 0 Å². The Balaban J connectivity index is 2.13. The fourth-order valence-electron chi connectivity index (χ4n) is 2.57. The van der Waals surface area contributed by atoms with Crippen LogP contribution in [-0.2, 0) is 0 Å². The Labute approximate surface area is 163 Å². The van der Waals surface area contributed by atoms with Crippen LogP contribution in [0.4, 0.5) is 4.39 Å². The smallest absolute Gasteiger partial charge is 0.251 e. The molecular formula is C20H24FN5O2. The van der Waals surface area contributed by atoms with Gasteiger partial charge in [-0.3, -0.25) is 9.79 Å². The van der Waals surface area contributed by atoms with Crippen molar-refractivity contribution in [2.45, 2.75) is 19.8 Å². The summed E-state index contributed by atoms with van der Waals surface area (Å²) in [6.07, 6.45) is 1.32. The summed E-state index contributed by atoms with van der Waals surface area (Å²) in [6.45, 7) is 4.20. The summed E-state index contributed by atoms with van der Waals surface area (Å²) >= 11 is 0. The minimum absolute atomic E-state index is 0.0348. The SMILES string of the molecule is CNC(=O)c1ccc(C(C)CN=C(C)N=C(N)c2ccc(F)nc2)c(OC)c1. The van der Waals surface area contributed by atoms with E-state index in [0.29, 0.717) is 29.3 Å². The number of carbonyl (C=O) groups is 1. The average molecular weight is 385 g/mol. The molecule has 3 N–H and O–H groups in total. The van der Waals surface area contributed by atoms with E-state index in [4.69, 9.17) is 10.5 Å². The highest BCUT2D eigenvalue weighted by molar-refractivity contribution is 6.04. The molecule has 1 aromatic carbocycles. The van der Waals surface area contributed by atoms with Gasteiger partial charge < -0.3 is 15.8 Å². The number of nitrogens with one attached hydrogen (secondary N) is 1. The fraction of sp³-hybridized carbons (Fsp3) is 0.300. The van der Waals surface area contributed by atoms with Crippen molar-refractivity contribution < 1.29 is 13.9 Å². The number of nitrogens with zero attached hydrogens (tertiary/aromatic N) is 3. The monoisotopic (exact) mass is 385 g/mol. The van der Waals surface area contributed by atoms with E-state index in [9.17, 15) is 9.18 Å². The fourth-order valence-corrected chi connectivity index (χ4v) is 2.57. The maximum atomic E-state index is 12.9. The molecule has 148 valence electrons. The van der Waals surface area contributed by atoms with Gasteiger partial charge in [0.2, 0.25) is 5.95 Å². The molecule has 1 atom stereocenters. The van der Waals surface area contributed by atoms with E-state index < -0.39 is 5.95 Å². The summed E-state index contributed by atoms with van der Waals surface area (Å²) in [5.74, 6) is 0.622. The zero-order chi connectivity index (χ0) is 20.7. The Kier molecular flexibility index (Phi) is 7.20. The number of carbonyl (C=O) groups excluding carboxylic acids is 1. The molecule has 1 heterocycles. The van der Waals surface area contributed by atoms with Gasteiger partial charge in [0.05, 0.1) is 7.11 Å². The van der Waals surface area contributed by atoms with Gasteiger partial charge in [0.1, 0.15) is 17.4 Å². The second-order valence-corrected chi connectivity index (χ2v) is 6.19. The van der Waals surface area contributed by atoms with Crippen LogP contribution < -0.4 is 15.8 Å². The Bertz CT molecular complexity index is 894. The van der Waals surface area contributed by atoms with Crippen LogP contribution >= 0.6 is 0 Å². The second kappa shape index (κ2) is 9.59. The molecule has 0 saturated carbocycles. The third-order valence-corrected chi connectivity index (χ3v) is 4.15. The van der Waals surface area contributed by atoms with E-state index in [1.807, 2.05) is 13.0 Å². The highest BCUT2D eigenvalue weighted by Gasteiger charge is 2.14. The molecule has 1 unspecified atom stereocenters. The number of aliphatic imine (C=N–C) groups is 2. The van der Waals surface area contributed by atoms with Gasteiger partial charge in [-0.15, -0.1) is 0 Å². The predicted molar refractivity (Wildman–Crippen MR) is 108 cm³/mol. The molecular weight excluding hydrogens is 361 g/mol. The Morgan fingerprint density at radius 2 is 2.04 bits per heavy atom. The molecule has 0 fully saturated rings. The summed E-state index contributed by atoms with van der Waals surface area (Å²) in [5.41, 5.74) is 7.90. The number of pyridine rings is 1. The molecule has 0 aliphatic carbocycles. The lowest BCUT2D eigenvalue weighted by atomic mass is 9.98. The van der Waals surface area contributed by atoms with Crippen LogP contribution in [0.5, 0.6) is 5.75 Å². The first-order valence-electron chi connectivity index (χ1n) is 8.72. The van der Waals surface area contributed by atoms with Gasteiger partial charge in [-0.25, -0.2) is 9.98 Å². The number of nitrogens with two attached hydrogens (primary N) is 1. The molecule has 0 saturated heterocycles. The molecule has 2 aromatic rings. The van der Waals surface area contributed by atoms with Gasteiger partial charge in [-0.2, -0.15) is 4.39 Å². The van der Waals surface area contributed by atoms with E-state index in [1.54, 1.807) is 33.2 Å². The number of ether oxygens (including phenoxy) is 1. The van der Waals surface area contributed by atoms with E-state index in [0.717, 1.165) is 5.56 Å². The lowest BCUT2D eigenvalue weighted by Gasteiger charge is -2.15. The molecule has 2 rings (SSSR count). The van der Waals surface area contributed by atoms with Crippen molar-refractivity contribution in [3.05, 3.63) is 59.2 Å². The third-order valence-electron chi connectivity index (χ3n) is 4.15. The van der Waals surface area contributed by atoms with Gasteiger partial charge in [0, 0.05) is 36.8 Å². The van der Waals surface area contributed by atoms with Crippen molar-refractivity contribution in [3.63, 3.8) is 0 Å². The van der Waals surface area contributed by atoms with Crippen molar-refractivity contribution in [1.29, 1.82) is 0 Å². The number of halogens is 1. The molecule has 28 heavy (non-hydrogen) atoms. The van der Waals surface area contributed by atoms with Crippen molar-refractivity contribution in [1.82, 2.24) is 10.3 Å². The molecule has 1 amide bonds. The zero-order valence-electron chi connectivity index (χ0n) is 16.4. The average Bonchev–Trinajstić information content (AvgIpc) is 2.71. The first kappa shape index (κ1) is 21.0. The van der Waals surface area contributed by atoms with Crippen LogP contribution in [0.15, 0.2) is 46.5 Å². The lowest BCUT2D eigenvalue weighted by molar-refractivity contribution is 0.0962. The van der Waals surface area contributed by atoms with E-state index in [-0.39, 0.29) is 17.7 Å². The largest absolute Gasteiger partial charge is 0.496 e. The Hall–Kier alpha value is -3.29. The van der Waals surface area contributed by atoms with Crippen LogP contribution in [0.3, 0.4) is 0 Å². The van der Waals surface area contributed by atoms with E-state index in [1.165, 1.54) is 18.3 Å². The number of rotatable bonds is 6. The Morgan fingerprint density at radius 1 is 1.32 bits per heavy atom. The normalized spacial score (nSPS) is 13.2. The molecule has 0 aliphatic heterocycles. The summed E-state index contributed by atoms with van der Waals surface area (Å²) in [7, 11) is 3.15. The van der Waals surface area contributed by atoms with Gasteiger partial charge in [0.15, 0.2) is 0 Å². The lowest BCUT2D eigenvalue weighted by Crippen LogP contribution is -2.18. The molecule has 0 spiro atoms. The Morgan fingerprint density at radius 3 is 2.64 bits per heavy atom. The molecule has 7 nitrogen and oxygen atoms in total. The quantitative estimate of drug-likeness (QED) is 0.453. The molecule has 0 aliphatic rings. The molecule has 0 radical (unpaired) electrons. The maximum Gasteiger partial charge on any atom is 0.251 e. The van der Waals surface area contributed by atoms with Gasteiger partial charge in [-0.1, -0.05) is 13.0 Å². The number of amidine groups is 2. The van der Waals surface area contributed by atoms with Crippen LogP contribution in [0.25, 0.3) is 0 Å². The zero-order valence-corrected chi connectivity index (χ0v) is 16.4. The number of benzene rings is 1. The summed E-state index contributed by atoms with van der Waals surface area (Å²) in [5, 5.41) is 2.59. The van der Waals surface area contributed by atoms with Crippen molar-refractivity contribution >= 4 is 17.6 Å². The number of hydrogen-bond acceptors (Lipinski definition) is 4. The third kappa shape index (κ3) is 5.35. The predicted octanol–water partition coefficient (Wildman–Crippen LogP) is 2.52. The number of methoxy groups -OCH3 is 1. The van der Waals surface area contributed by atoms with E-state index in [2.05, 4.69) is 20.3 Å². The van der Waals surface area contributed by atoms with Crippen LogP contribution in [0.2, 0.25) is 0 Å². The number of aromatic nitrogens is 1. The van der Waals surface area contributed by atoms with Crippen LogP contribution in [0.1, 0.15) is 41.3 Å². The topological polar surface area (TPSA) is 102 Å². The highest BCUT2D eigenvalue weighted by Crippen LogP contribution is 2.28. The van der Waals surface area contributed by atoms with Crippen LogP contribution in [-0.4, -0.2) is 43.3 Å². The van der Waals surface area contributed by atoms with Gasteiger partial charge in [-0.05, 0) is 36.8 Å². The minimum Gasteiger partial charge on any atom is -0.496 e. The first-order valence-corrected chi connectivity index (χ1v) is 8.72. The molecule has 8 heteroatoms. The number of hydrogen-bond donors (Lipinski definition) is 2. The summed E-state index contributed by atoms with van der Waals surface area (Å²) < 4.78 is 18.3. The minimum atomic E-state index is -0.577. The number of amides is 1. The van der Waals surface area contributed by atoms with Crippen molar-refractivity contribution in [3.8, 4) is 5.75 Å². The molecule has 0 bridgehead atoms. The standard InChI is InChI=1S/C20H24FN5O2/c1-12(16-7-5-14(20(27)23-3)9-17(16)28-4)10-24-13(2)26-19(22)15-6-8-18(21)25-11-15/h5-9,11-12H,10H2,1-4H3,(H,23,27)(H2,22,24,26).